The smallest absolute Gasteiger partial charge is 0.160 e. The minimum atomic E-state index is -0.528. The van der Waals surface area contributed by atoms with Gasteiger partial charge in [0.15, 0.2) is 5.82 Å². The van der Waals surface area contributed by atoms with Crippen molar-refractivity contribution in [2.24, 2.45) is 0 Å². The van der Waals surface area contributed by atoms with Crippen molar-refractivity contribution in [3.63, 3.8) is 0 Å². The molecule has 0 saturated heterocycles. The highest BCUT2D eigenvalue weighted by Crippen LogP contribution is 2.57. The minimum Gasteiger partial charge on any atom is -0.309 e. The van der Waals surface area contributed by atoms with Crippen LogP contribution in [0, 0.1) is 0 Å². The first-order valence-corrected chi connectivity index (χ1v) is 18.4. The Hall–Kier alpha value is -7.17. The van der Waals surface area contributed by atoms with Crippen LogP contribution in [0.15, 0.2) is 194 Å². The van der Waals surface area contributed by atoms with Gasteiger partial charge in [-0.1, -0.05) is 133 Å². The molecule has 54 heavy (non-hydrogen) atoms. The van der Waals surface area contributed by atoms with Crippen LogP contribution in [0.25, 0.3) is 72.2 Å². The lowest BCUT2D eigenvalue weighted by atomic mass is 9.68. The molecule has 4 nitrogen and oxygen atoms in total. The van der Waals surface area contributed by atoms with Gasteiger partial charge in [0.05, 0.1) is 27.7 Å². The molecule has 1 aliphatic carbocycles. The molecule has 0 fully saturated rings. The van der Waals surface area contributed by atoms with Gasteiger partial charge in [0.2, 0.25) is 0 Å². The second-order valence-corrected chi connectivity index (χ2v) is 14.0. The molecule has 3 aromatic heterocycles. The van der Waals surface area contributed by atoms with Gasteiger partial charge in [-0.2, -0.15) is 0 Å². The van der Waals surface area contributed by atoms with Gasteiger partial charge in [0, 0.05) is 45.4 Å². The SMILES string of the molecule is c1ccc(-c2nc(-c3cccc(-n4c5ccccc5c5cc6c(cc54)C(c4ccccc4)(c4ccncc4)c4ccccc4-6)c3)nc3ccccc23)cc1. The molecule has 10 aromatic rings. The van der Waals surface area contributed by atoms with Crippen LogP contribution < -0.4 is 0 Å². The number of rotatable bonds is 5. The van der Waals surface area contributed by atoms with E-state index in [0.717, 1.165) is 44.4 Å². The highest BCUT2D eigenvalue weighted by Gasteiger charge is 2.46. The van der Waals surface area contributed by atoms with Gasteiger partial charge in [0.25, 0.3) is 0 Å². The Morgan fingerprint density at radius 3 is 1.96 bits per heavy atom. The number of para-hydroxylation sites is 2. The van der Waals surface area contributed by atoms with Crippen molar-refractivity contribution in [1.82, 2.24) is 19.5 Å². The zero-order valence-electron chi connectivity index (χ0n) is 29.3. The van der Waals surface area contributed by atoms with Gasteiger partial charge < -0.3 is 4.57 Å². The Bertz CT molecular complexity index is 3000. The molecule has 0 radical (unpaired) electrons. The summed E-state index contributed by atoms with van der Waals surface area (Å²) in [5.41, 5.74) is 14.2. The van der Waals surface area contributed by atoms with Crippen LogP contribution in [-0.2, 0) is 5.41 Å². The summed E-state index contributed by atoms with van der Waals surface area (Å²) >= 11 is 0. The molecular weight excluding hydrogens is 657 g/mol. The number of aromatic nitrogens is 4. The van der Waals surface area contributed by atoms with E-state index in [1.807, 2.05) is 24.5 Å². The van der Waals surface area contributed by atoms with E-state index in [0.29, 0.717) is 5.82 Å². The van der Waals surface area contributed by atoms with Crippen molar-refractivity contribution < 1.29 is 0 Å². The molecule has 7 aromatic carbocycles. The summed E-state index contributed by atoms with van der Waals surface area (Å²) in [5.74, 6) is 0.701. The summed E-state index contributed by atoms with van der Waals surface area (Å²) < 4.78 is 2.42. The van der Waals surface area contributed by atoms with Crippen molar-refractivity contribution >= 4 is 32.7 Å². The average molecular weight is 689 g/mol. The summed E-state index contributed by atoms with van der Waals surface area (Å²) in [6, 6.07) is 65.2. The fourth-order valence-corrected chi connectivity index (χ4v) is 8.90. The molecule has 0 aliphatic heterocycles. The van der Waals surface area contributed by atoms with Crippen LogP contribution in [0.2, 0.25) is 0 Å². The predicted octanol–water partition coefficient (Wildman–Crippen LogP) is 11.8. The number of hydrogen-bond donors (Lipinski definition) is 0. The maximum atomic E-state index is 5.22. The number of fused-ring (bicyclic) bond motifs is 7. The molecule has 0 saturated carbocycles. The molecule has 0 spiro atoms. The average Bonchev–Trinajstić information content (AvgIpc) is 3.73. The topological polar surface area (TPSA) is 43.6 Å². The summed E-state index contributed by atoms with van der Waals surface area (Å²) in [7, 11) is 0. The van der Waals surface area contributed by atoms with E-state index in [1.54, 1.807) is 0 Å². The van der Waals surface area contributed by atoms with Crippen LogP contribution in [0.4, 0.5) is 0 Å². The summed E-state index contributed by atoms with van der Waals surface area (Å²) in [6.45, 7) is 0. The zero-order valence-corrected chi connectivity index (χ0v) is 29.3. The Kier molecular flexibility index (Phi) is 6.73. The third-order valence-electron chi connectivity index (χ3n) is 11.2. The van der Waals surface area contributed by atoms with Crippen molar-refractivity contribution in [3.8, 4) is 39.5 Å². The highest BCUT2D eigenvalue weighted by molar-refractivity contribution is 6.12. The molecule has 1 unspecified atom stereocenters. The van der Waals surface area contributed by atoms with E-state index in [2.05, 4.69) is 179 Å². The van der Waals surface area contributed by atoms with E-state index in [-0.39, 0.29) is 0 Å². The van der Waals surface area contributed by atoms with Crippen molar-refractivity contribution in [2.75, 3.05) is 0 Å². The molecule has 4 heteroatoms. The van der Waals surface area contributed by atoms with Crippen molar-refractivity contribution in [1.29, 1.82) is 0 Å². The lowest BCUT2D eigenvalue weighted by Crippen LogP contribution is -2.28. The zero-order chi connectivity index (χ0) is 35.6. The van der Waals surface area contributed by atoms with Gasteiger partial charge in [-0.15, -0.1) is 0 Å². The fraction of sp³-hybridized carbons (Fsp3) is 0.0200. The number of pyridine rings is 1. The summed E-state index contributed by atoms with van der Waals surface area (Å²) in [5, 5.41) is 3.47. The van der Waals surface area contributed by atoms with Gasteiger partial charge in [0.1, 0.15) is 0 Å². The highest BCUT2D eigenvalue weighted by atomic mass is 15.0. The van der Waals surface area contributed by atoms with Gasteiger partial charge in [-0.05, 0) is 81.9 Å². The monoisotopic (exact) mass is 688 g/mol. The first kappa shape index (κ1) is 30.5. The van der Waals surface area contributed by atoms with Gasteiger partial charge in [-0.3, -0.25) is 4.98 Å². The van der Waals surface area contributed by atoms with Crippen LogP contribution in [0.3, 0.4) is 0 Å². The lowest BCUT2D eigenvalue weighted by Gasteiger charge is -2.33. The second-order valence-electron chi connectivity index (χ2n) is 14.0. The van der Waals surface area contributed by atoms with E-state index in [1.165, 1.54) is 44.2 Å². The predicted molar refractivity (Wildman–Crippen MR) is 220 cm³/mol. The minimum absolute atomic E-state index is 0.528. The molecule has 1 atom stereocenters. The molecule has 3 heterocycles. The van der Waals surface area contributed by atoms with Crippen molar-refractivity contribution in [2.45, 2.75) is 5.41 Å². The van der Waals surface area contributed by atoms with Gasteiger partial charge >= 0.3 is 0 Å². The Morgan fingerprint density at radius 2 is 1.11 bits per heavy atom. The van der Waals surface area contributed by atoms with E-state index >= 15 is 0 Å². The second kappa shape index (κ2) is 11.9. The maximum absolute atomic E-state index is 5.22. The fourth-order valence-electron chi connectivity index (χ4n) is 8.90. The number of benzene rings is 7. The van der Waals surface area contributed by atoms with Crippen LogP contribution >= 0.6 is 0 Å². The lowest BCUT2D eigenvalue weighted by molar-refractivity contribution is 0.767. The standard InChI is InChI=1S/C50H32N4/c1-3-14-33(15-4-1)48-40-22-8-11-24-45(40)52-49(53-48)34-16-13-19-37(30-34)54-46-25-12-9-21-39(46)42-31-41-38-20-7-10-23-43(38)50(44(41)32-47(42)54,35-17-5-2-6-18-35)36-26-28-51-29-27-36/h1-32H. The molecule has 1 aliphatic rings. The van der Waals surface area contributed by atoms with E-state index < -0.39 is 5.41 Å². The Labute approximate surface area is 312 Å². The van der Waals surface area contributed by atoms with Gasteiger partial charge in [-0.25, -0.2) is 9.97 Å². The Balaban J connectivity index is 1.19. The number of nitrogens with zero attached hydrogens (tertiary/aromatic N) is 4. The molecule has 0 bridgehead atoms. The van der Waals surface area contributed by atoms with Crippen LogP contribution in [0.5, 0.6) is 0 Å². The quantitative estimate of drug-likeness (QED) is 0.181. The van der Waals surface area contributed by atoms with Crippen molar-refractivity contribution in [3.05, 3.63) is 217 Å². The molecule has 0 amide bonds. The van der Waals surface area contributed by atoms with E-state index in [9.17, 15) is 0 Å². The summed E-state index contributed by atoms with van der Waals surface area (Å²) in [6.07, 6.45) is 3.83. The van der Waals surface area contributed by atoms with E-state index in [4.69, 9.17) is 9.97 Å². The molecular formula is C50H32N4. The maximum Gasteiger partial charge on any atom is 0.160 e. The first-order chi connectivity index (χ1) is 26.8. The largest absolute Gasteiger partial charge is 0.309 e. The third-order valence-corrected chi connectivity index (χ3v) is 11.2. The van der Waals surface area contributed by atoms with Crippen LogP contribution in [-0.4, -0.2) is 19.5 Å². The third kappa shape index (κ3) is 4.40. The molecule has 11 rings (SSSR count). The number of hydrogen-bond acceptors (Lipinski definition) is 3. The normalized spacial score (nSPS) is 14.7. The first-order valence-electron chi connectivity index (χ1n) is 18.4. The Morgan fingerprint density at radius 1 is 0.426 bits per heavy atom. The van der Waals surface area contributed by atoms with Crippen LogP contribution in [0.1, 0.15) is 22.3 Å². The molecule has 252 valence electrons. The molecule has 0 N–H and O–H groups in total. The summed E-state index contributed by atoms with van der Waals surface area (Å²) in [4.78, 5) is 14.8.